The van der Waals surface area contributed by atoms with E-state index in [1.165, 1.54) is 5.56 Å². The second kappa shape index (κ2) is 20.7. The number of nitrogens with one attached hydrogen (secondary N) is 2. The average Bonchev–Trinajstić information content (AvgIpc) is 3.57. The van der Waals surface area contributed by atoms with E-state index in [4.69, 9.17) is 4.74 Å². The summed E-state index contributed by atoms with van der Waals surface area (Å²) in [7, 11) is 7.11. The van der Waals surface area contributed by atoms with Crippen LogP contribution in [0.2, 0.25) is 0 Å². The molecular formula is C41H71N5O5S. The van der Waals surface area contributed by atoms with Crippen LogP contribution in [0.25, 0.3) is 0 Å². The topological polar surface area (TPSA) is 111 Å². The molecule has 0 aromatic heterocycles. The van der Waals surface area contributed by atoms with Gasteiger partial charge in [-0.15, -0.1) is 0 Å². The molecule has 296 valence electrons. The molecule has 0 radical (unpaired) electrons. The fourth-order valence-electron chi connectivity index (χ4n) is 7.57. The lowest BCUT2D eigenvalue weighted by Crippen LogP contribution is -2.59. The van der Waals surface area contributed by atoms with Gasteiger partial charge in [-0.1, -0.05) is 93.0 Å². The number of amides is 4. The highest BCUT2D eigenvalue weighted by Crippen LogP contribution is 2.31. The van der Waals surface area contributed by atoms with Crippen LogP contribution in [0.3, 0.4) is 0 Å². The summed E-state index contributed by atoms with van der Waals surface area (Å²) in [4.78, 5) is 60.4. The molecular weight excluding hydrogens is 675 g/mol. The SMILES string of the molecule is CCC(C)C(C(CC(=O)N1CCCC1C(CC(=O)NCc1ccc(C(C)(C)C)cc1)SC)OC)N(C)C(=O)C(NC(=O)C(C(C)C)N(C)C)C(C)C. The molecule has 0 saturated carbocycles. The second-order valence-corrected chi connectivity index (χ2v) is 17.8. The van der Waals surface area contributed by atoms with Crippen LogP contribution in [0, 0.1) is 17.8 Å². The number of thioether (sulfide) groups is 1. The first-order chi connectivity index (χ1) is 24.3. The number of likely N-dealkylation sites (N-methyl/N-ethyl adjacent to an activating group) is 2. The normalized spacial score (nSPS) is 18.6. The van der Waals surface area contributed by atoms with Crippen molar-refractivity contribution in [2.24, 2.45) is 17.8 Å². The van der Waals surface area contributed by atoms with Gasteiger partial charge in [-0.25, -0.2) is 0 Å². The minimum Gasteiger partial charge on any atom is -0.379 e. The summed E-state index contributed by atoms with van der Waals surface area (Å²) < 4.78 is 6.04. The monoisotopic (exact) mass is 746 g/mol. The predicted octanol–water partition coefficient (Wildman–Crippen LogP) is 5.72. The summed E-state index contributed by atoms with van der Waals surface area (Å²) in [6, 6.07) is 6.83. The lowest BCUT2D eigenvalue weighted by Gasteiger charge is -2.41. The predicted molar refractivity (Wildman–Crippen MR) is 214 cm³/mol. The number of likely N-dealkylation sites (tertiary alicyclic amines) is 1. The molecule has 0 spiro atoms. The summed E-state index contributed by atoms with van der Waals surface area (Å²) in [6.45, 7) is 19.7. The largest absolute Gasteiger partial charge is 0.379 e. The van der Waals surface area contributed by atoms with Crippen LogP contribution in [0.15, 0.2) is 24.3 Å². The molecule has 52 heavy (non-hydrogen) atoms. The Labute approximate surface area is 319 Å². The van der Waals surface area contributed by atoms with Crippen molar-refractivity contribution in [3.8, 4) is 0 Å². The van der Waals surface area contributed by atoms with E-state index in [1.807, 2.05) is 57.8 Å². The third kappa shape index (κ3) is 12.5. The Morgan fingerprint density at radius 2 is 1.60 bits per heavy atom. The fourth-order valence-corrected chi connectivity index (χ4v) is 8.48. The van der Waals surface area contributed by atoms with E-state index in [2.05, 4.69) is 69.5 Å². The number of methoxy groups -OCH3 is 1. The molecule has 11 heteroatoms. The maximum Gasteiger partial charge on any atom is 0.245 e. The molecule has 2 rings (SSSR count). The van der Waals surface area contributed by atoms with E-state index in [-0.39, 0.29) is 76.6 Å². The van der Waals surface area contributed by atoms with Crippen molar-refractivity contribution in [2.75, 3.05) is 41.1 Å². The third-order valence-electron chi connectivity index (χ3n) is 10.8. The summed E-state index contributed by atoms with van der Waals surface area (Å²) >= 11 is 1.63. The molecule has 1 aromatic carbocycles. The van der Waals surface area contributed by atoms with Crippen molar-refractivity contribution in [2.45, 2.75) is 142 Å². The number of nitrogens with zero attached hydrogens (tertiary/aromatic N) is 3. The zero-order valence-corrected chi connectivity index (χ0v) is 35.6. The number of carbonyl (C=O) groups excluding carboxylic acids is 4. The van der Waals surface area contributed by atoms with E-state index >= 15 is 0 Å². The highest BCUT2D eigenvalue weighted by Gasteiger charge is 2.41. The molecule has 1 fully saturated rings. The molecule has 7 atom stereocenters. The Kier molecular flexibility index (Phi) is 18.1. The smallest absolute Gasteiger partial charge is 0.245 e. The molecule has 1 saturated heterocycles. The van der Waals surface area contributed by atoms with Gasteiger partial charge in [-0.05, 0) is 67.5 Å². The van der Waals surface area contributed by atoms with Crippen molar-refractivity contribution in [3.63, 3.8) is 0 Å². The van der Waals surface area contributed by atoms with Crippen molar-refractivity contribution in [1.29, 1.82) is 0 Å². The number of carbonyl (C=O) groups is 4. The quantitative estimate of drug-likeness (QED) is 0.187. The van der Waals surface area contributed by atoms with E-state index < -0.39 is 12.1 Å². The van der Waals surface area contributed by atoms with Gasteiger partial charge in [0, 0.05) is 45.0 Å². The van der Waals surface area contributed by atoms with Crippen molar-refractivity contribution in [1.82, 2.24) is 25.3 Å². The molecule has 7 unspecified atom stereocenters. The molecule has 1 heterocycles. The molecule has 10 nitrogen and oxygen atoms in total. The summed E-state index contributed by atoms with van der Waals surface area (Å²) in [5, 5.41) is 6.10. The summed E-state index contributed by atoms with van der Waals surface area (Å²) in [5.74, 6) is -0.466. The standard InChI is InChI=1S/C41H71N5O5S/c1-15-28(6)38(45(12)40(50)36(26(2)3)43-39(49)37(27(4)5)44(10)11)32(51-13)23-35(48)46-22-16-17-31(46)33(52-14)24-34(47)42-25-29-18-20-30(21-19-29)41(7,8)9/h18-21,26-28,31-33,36-38H,15-17,22-25H2,1-14H3,(H,42,47)(H,43,49). The van der Waals surface area contributed by atoms with Crippen molar-refractivity contribution in [3.05, 3.63) is 35.4 Å². The van der Waals surface area contributed by atoms with E-state index in [0.29, 0.717) is 19.5 Å². The number of rotatable bonds is 19. The van der Waals surface area contributed by atoms with Gasteiger partial charge in [0.2, 0.25) is 23.6 Å². The first-order valence-electron chi connectivity index (χ1n) is 19.2. The maximum absolute atomic E-state index is 14.2. The zero-order chi connectivity index (χ0) is 39.5. The average molecular weight is 746 g/mol. The van der Waals surface area contributed by atoms with Gasteiger partial charge < -0.3 is 25.2 Å². The fraction of sp³-hybridized carbons (Fsp3) is 0.756. The Bertz CT molecular complexity index is 1290. The molecule has 1 aliphatic heterocycles. The molecule has 0 aliphatic carbocycles. The minimum atomic E-state index is -0.724. The maximum atomic E-state index is 14.2. The van der Waals surface area contributed by atoms with Gasteiger partial charge in [0.1, 0.15) is 6.04 Å². The lowest BCUT2D eigenvalue weighted by molar-refractivity contribution is -0.146. The van der Waals surface area contributed by atoms with Gasteiger partial charge >= 0.3 is 0 Å². The van der Waals surface area contributed by atoms with Crippen LogP contribution in [0.5, 0.6) is 0 Å². The molecule has 1 aromatic rings. The van der Waals surface area contributed by atoms with E-state index in [0.717, 1.165) is 24.8 Å². The summed E-state index contributed by atoms with van der Waals surface area (Å²) in [5.41, 5.74) is 2.38. The number of ether oxygens (including phenoxy) is 1. The Balaban J connectivity index is 2.18. The number of benzene rings is 1. The van der Waals surface area contributed by atoms with Gasteiger partial charge in [0.05, 0.1) is 24.6 Å². The Morgan fingerprint density at radius 3 is 2.08 bits per heavy atom. The van der Waals surface area contributed by atoms with Crippen LogP contribution in [-0.2, 0) is 35.9 Å². The first-order valence-corrected chi connectivity index (χ1v) is 20.5. The second-order valence-electron chi connectivity index (χ2n) is 16.7. The lowest BCUT2D eigenvalue weighted by atomic mass is 9.87. The van der Waals surface area contributed by atoms with Crippen molar-refractivity contribution < 1.29 is 23.9 Å². The highest BCUT2D eigenvalue weighted by atomic mass is 32.2. The molecule has 4 amide bonds. The van der Waals surface area contributed by atoms with Crippen LogP contribution in [0.1, 0.15) is 106 Å². The van der Waals surface area contributed by atoms with Crippen LogP contribution < -0.4 is 10.6 Å². The molecule has 2 N–H and O–H groups in total. The van der Waals surface area contributed by atoms with Crippen LogP contribution in [-0.4, -0.2) is 115 Å². The van der Waals surface area contributed by atoms with E-state index in [9.17, 15) is 19.2 Å². The Morgan fingerprint density at radius 1 is 0.981 bits per heavy atom. The zero-order valence-electron chi connectivity index (χ0n) is 34.7. The minimum absolute atomic E-state index is 0.0256. The van der Waals surface area contributed by atoms with Gasteiger partial charge in [-0.2, -0.15) is 11.8 Å². The molecule has 1 aliphatic rings. The highest BCUT2D eigenvalue weighted by molar-refractivity contribution is 7.99. The van der Waals surface area contributed by atoms with E-state index in [1.54, 1.807) is 30.8 Å². The van der Waals surface area contributed by atoms with Crippen LogP contribution in [0.4, 0.5) is 0 Å². The molecule has 0 bridgehead atoms. The number of hydrogen-bond donors (Lipinski definition) is 2. The Hall–Kier alpha value is -2.63. The van der Waals surface area contributed by atoms with Gasteiger partial charge in [-0.3, -0.25) is 24.1 Å². The first kappa shape index (κ1) is 45.5. The number of hydrogen-bond acceptors (Lipinski definition) is 7. The van der Waals surface area contributed by atoms with Crippen LogP contribution >= 0.6 is 11.8 Å². The third-order valence-corrected chi connectivity index (χ3v) is 11.9. The van der Waals surface area contributed by atoms with Gasteiger partial charge in [0.15, 0.2) is 0 Å². The van der Waals surface area contributed by atoms with Crippen molar-refractivity contribution >= 4 is 35.4 Å². The van der Waals surface area contributed by atoms with Gasteiger partial charge in [0.25, 0.3) is 0 Å². The summed E-state index contributed by atoms with van der Waals surface area (Å²) in [6.07, 6.45) is 4.39.